The molecule has 1 aromatic carbocycles. The van der Waals surface area contributed by atoms with Crippen LogP contribution >= 0.6 is 11.8 Å². The minimum absolute atomic E-state index is 0.491. The number of nitrogens with zero attached hydrogens (tertiary/aromatic N) is 1. The predicted molar refractivity (Wildman–Crippen MR) is 92.9 cm³/mol. The minimum Gasteiger partial charge on any atom is -0.310 e. The first-order valence-electron chi connectivity index (χ1n) is 7.96. The summed E-state index contributed by atoms with van der Waals surface area (Å²) >= 11 is 2.09. The molecular weight excluding hydrogens is 276 g/mol. The Kier molecular flexibility index (Phi) is 4.81. The average Bonchev–Trinajstić information content (AvgIpc) is 3.02. The topological polar surface area (TPSA) is 24.9 Å². The summed E-state index contributed by atoms with van der Waals surface area (Å²) < 4.78 is 0. The lowest BCUT2D eigenvalue weighted by atomic mass is 9.91. The molecule has 0 spiro atoms. The molecule has 112 valence electrons. The van der Waals surface area contributed by atoms with Gasteiger partial charge in [-0.3, -0.25) is 4.98 Å². The van der Waals surface area contributed by atoms with Gasteiger partial charge < -0.3 is 5.32 Å². The van der Waals surface area contributed by atoms with Crippen molar-refractivity contribution < 1.29 is 0 Å². The second-order valence-electron chi connectivity index (χ2n) is 5.96. The number of thioether (sulfide) groups is 1. The van der Waals surface area contributed by atoms with Crippen LogP contribution in [0.1, 0.15) is 37.1 Å². The zero-order valence-corrected chi connectivity index (χ0v) is 13.7. The molecule has 0 saturated carbocycles. The summed E-state index contributed by atoms with van der Waals surface area (Å²) in [6, 6.07) is 11.6. The van der Waals surface area contributed by atoms with Crippen LogP contribution < -0.4 is 5.32 Å². The van der Waals surface area contributed by atoms with E-state index in [9.17, 15) is 0 Å². The summed E-state index contributed by atoms with van der Waals surface area (Å²) in [5.41, 5.74) is 3.62. The average molecular weight is 300 g/mol. The number of hydrogen-bond acceptors (Lipinski definition) is 3. The highest BCUT2D eigenvalue weighted by atomic mass is 32.2. The van der Waals surface area contributed by atoms with Crippen molar-refractivity contribution in [3.63, 3.8) is 0 Å². The molecule has 1 N–H and O–H groups in total. The summed E-state index contributed by atoms with van der Waals surface area (Å²) in [5, 5.41) is 5.03. The van der Waals surface area contributed by atoms with Crippen LogP contribution in [-0.4, -0.2) is 23.0 Å². The molecule has 3 rings (SSSR count). The van der Waals surface area contributed by atoms with Gasteiger partial charge in [0, 0.05) is 17.1 Å². The van der Waals surface area contributed by atoms with Crippen molar-refractivity contribution in [2.75, 3.05) is 18.1 Å². The molecule has 0 aliphatic carbocycles. The van der Waals surface area contributed by atoms with E-state index in [1.807, 2.05) is 0 Å². The van der Waals surface area contributed by atoms with Gasteiger partial charge in [0.2, 0.25) is 0 Å². The third kappa shape index (κ3) is 3.41. The lowest BCUT2D eigenvalue weighted by Gasteiger charge is -2.25. The molecule has 2 nitrogen and oxygen atoms in total. The molecule has 2 unspecified atom stereocenters. The largest absolute Gasteiger partial charge is 0.310 e. The van der Waals surface area contributed by atoms with Crippen LogP contribution in [0.25, 0.3) is 10.9 Å². The van der Waals surface area contributed by atoms with Crippen LogP contribution in [0.4, 0.5) is 0 Å². The standard InChI is InChI=1S/C18H24N2S/c1-3-9-19-18(16-8-10-21-12-16)15-6-7-17-14(11-15)5-4-13(2)20-17/h4-7,11,16,18-19H,3,8-10,12H2,1-2H3. The fourth-order valence-corrected chi connectivity index (χ4v) is 4.41. The van der Waals surface area contributed by atoms with Gasteiger partial charge in [0.05, 0.1) is 5.52 Å². The van der Waals surface area contributed by atoms with Gasteiger partial charge in [0.15, 0.2) is 0 Å². The van der Waals surface area contributed by atoms with Crippen molar-refractivity contribution in [1.82, 2.24) is 10.3 Å². The fraction of sp³-hybridized carbons (Fsp3) is 0.500. The van der Waals surface area contributed by atoms with E-state index in [1.54, 1.807) is 0 Å². The molecule has 2 aromatic rings. The highest BCUT2D eigenvalue weighted by Gasteiger charge is 2.26. The molecule has 1 aliphatic rings. The maximum atomic E-state index is 4.61. The molecule has 0 bridgehead atoms. The molecule has 1 aliphatic heterocycles. The molecule has 3 heteroatoms. The molecule has 21 heavy (non-hydrogen) atoms. The number of nitrogens with one attached hydrogen (secondary N) is 1. The van der Waals surface area contributed by atoms with E-state index in [0.29, 0.717) is 6.04 Å². The normalized spacial score (nSPS) is 20.0. The Labute approximate surface area is 131 Å². The van der Waals surface area contributed by atoms with E-state index >= 15 is 0 Å². The number of aryl methyl sites for hydroxylation is 1. The summed E-state index contributed by atoms with van der Waals surface area (Å²) in [7, 11) is 0. The van der Waals surface area contributed by atoms with Crippen molar-refractivity contribution in [3.8, 4) is 0 Å². The van der Waals surface area contributed by atoms with Gasteiger partial charge in [-0.25, -0.2) is 0 Å². The Bertz CT molecular complexity index is 605. The molecular formula is C18H24N2S. The van der Waals surface area contributed by atoms with Gasteiger partial charge in [0.1, 0.15) is 0 Å². The van der Waals surface area contributed by atoms with Crippen LogP contribution in [0.2, 0.25) is 0 Å². The summed E-state index contributed by atoms with van der Waals surface area (Å²) in [6.45, 7) is 5.38. The van der Waals surface area contributed by atoms with Gasteiger partial charge in [0.25, 0.3) is 0 Å². The fourth-order valence-electron chi connectivity index (χ4n) is 3.11. The second kappa shape index (κ2) is 6.80. The Morgan fingerprint density at radius 1 is 1.33 bits per heavy atom. The Morgan fingerprint density at radius 3 is 3.00 bits per heavy atom. The molecule has 0 radical (unpaired) electrons. The number of pyridine rings is 1. The molecule has 0 amide bonds. The van der Waals surface area contributed by atoms with Gasteiger partial charge in [-0.05, 0) is 67.5 Å². The zero-order chi connectivity index (χ0) is 14.7. The van der Waals surface area contributed by atoms with E-state index in [-0.39, 0.29) is 0 Å². The predicted octanol–water partition coefficient (Wildman–Crippen LogP) is 4.34. The molecule has 2 heterocycles. The highest BCUT2D eigenvalue weighted by molar-refractivity contribution is 7.99. The van der Waals surface area contributed by atoms with E-state index in [4.69, 9.17) is 0 Å². The second-order valence-corrected chi connectivity index (χ2v) is 7.11. The molecule has 1 fully saturated rings. The van der Waals surface area contributed by atoms with Gasteiger partial charge in [-0.2, -0.15) is 11.8 Å². The van der Waals surface area contributed by atoms with Crippen LogP contribution in [0.5, 0.6) is 0 Å². The van der Waals surface area contributed by atoms with Crippen molar-refractivity contribution in [3.05, 3.63) is 41.6 Å². The first-order valence-corrected chi connectivity index (χ1v) is 9.12. The first-order chi connectivity index (χ1) is 10.3. The van der Waals surface area contributed by atoms with Crippen LogP contribution in [0.3, 0.4) is 0 Å². The number of hydrogen-bond donors (Lipinski definition) is 1. The van der Waals surface area contributed by atoms with Gasteiger partial charge in [-0.15, -0.1) is 0 Å². The number of benzene rings is 1. The highest BCUT2D eigenvalue weighted by Crippen LogP contribution is 2.35. The summed E-state index contributed by atoms with van der Waals surface area (Å²) in [5.74, 6) is 3.35. The molecule has 2 atom stereocenters. The molecule has 1 aromatic heterocycles. The van der Waals surface area contributed by atoms with Gasteiger partial charge in [-0.1, -0.05) is 19.1 Å². The van der Waals surface area contributed by atoms with E-state index in [0.717, 1.165) is 23.7 Å². The maximum Gasteiger partial charge on any atom is 0.0705 e. The van der Waals surface area contributed by atoms with E-state index < -0.39 is 0 Å². The summed E-state index contributed by atoms with van der Waals surface area (Å²) in [4.78, 5) is 4.61. The Morgan fingerprint density at radius 2 is 2.24 bits per heavy atom. The monoisotopic (exact) mass is 300 g/mol. The number of fused-ring (bicyclic) bond motifs is 1. The Balaban J connectivity index is 1.91. The van der Waals surface area contributed by atoms with Crippen LogP contribution in [-0.2, 0) is 0 Å². The van der Waals surface area contributed by atoms with E-state index in [2.05, 4.69) is 66.2 Å². The van der Waals surface area contributed by atoms with Crippen LogP contribution in [0.15, 0.2) is 30.3 Å². The van der Waals surface area contributed by atoms with Crippen molar-refractivity contribution >= 4 is 22.7 Å². The quantitative estimate of drug-likeness (QED) is 0.889. The number of rotatable bonds is 5. The first kappa shape index (κ1) is 14.9. The van der Waals surface area contributed by atoms with Crippen molar-refractivity contribution in [1.29, 1.82) is 0 Å². The number of aromatic nitrogens is 1. The lowest BCUT2D eigenvalue weighted by molar-refractivity contribution is 0.394. The summed E-state index contributed by atoms with van der Waals surface area (Å²) in [6.07, 6.45) is 2.51. The van der Waals surface area contributed by atoms with E-state index in [1.165, 1.54) is 35.3 Å². The lowest BCUT2D eigenvalue weighted by Crippen LogP contribution is -2.29. The third-order valence-corrected chi connectivity index (χ3v) is 5.45. The third-order valence-electron chi connectivity index (χ3n) is 4.26. The van der Waals surface area contributed by atoms with Crippen molar-refractivity contribution in [2.24, 2.45) is 5.92 Å². The zero-order valence-electron chi connectivity index (χ0n) is 12.9. The Hall–Kier alpha value is -1.06. The van der Waals surface area contributed by atoms with Crippen molar-refractivity contribution in [2.45, 2.75) is 32.7 Å². The minimum atomic E-state index is 0.491. The van der Waals surface area contributed by atoms with Gasteiger partial charge >= 0.3 is 0 Å². The van der Waals surface area contributed by atoms with Crippen LogP contribution in [0, 0.1) is 12.8 Å². The molecule has 1 saturated heterocycles. The maximum absolute atomic E-state index is 4.61. The smallest absolute Gasteiger partial charge is 0.0705 e. The SMILES string of the molecule is CCCNC(c1ccc2nc(C)ccc2c1)C1CCSC1.